The van der Waals surface area contributed by atoms with Crippen LogP contribution in [0.4, 0.5) is 34.1 Å². The zero-order valence-corrected chi connectivity index (χ0v) is 38.0. The number of anilines is 2. The summed E-state index contributed by atoms with van der Waals surface area (Å²) < 4.78 is 109. The van der Waals surface area contributed by atoms with Gasteiger partial charge in [-0.25, -0.2) is 25.3 Å². The molecule has 0 saturated heterocycles. The van der Waals surface area contributed by atoms with Gasteiger partial charge in [0, 0.05) is 0 Å². The molecule has 0 aromatic heterocycles. The molecule has 0 aliphatic heterocycles. The van der Waals surface area contributed by atoms with Crippen LogP contribution in [-0.2, 0) is 56.9 Å². The SMILES string of the molecule is COc1ccc(S(=O)(=O)CCOSOO[O-])cc1N=Nc1cc(N=Nc2ccc(S(=O)(=O)CCOSOO[O-])cc2S(=O)(=O)[O-])c(N)cc1N.[Na+].[Na+].[Na+]. The van der Waals surface area contributed by atoms with Gasteiger partial charge in [0.05, 0.1) is 57.9 Å². The van der Waals surface area contributed by atoms with Crippen molar-refractivity contribution < 1.29 is 161 Å². The van der Waals surface area contributed by atoms with Crippen molar-refractivity contribution in [1.29, 1.82) is 0 Å². The van der Waals surface area contributed by atoms with Crippen LogP contribution in [-0.4, -0.2) is 61.6 Å². The Balaban J connectivity index is 0.00000901. The summed E-state index contributed by atoms with van der Waals surface area (Å²) in [6.07, 6.45) is 0. The fourth-order valence-electron chi connectivity index (χ4n) is 3.57. The van der Waals surface area contributed by atoms with Gasteiger partial charge in [-0.15, -0.1) is 29.1 Å². The third kappa shape index (κ3) is 16.5. The van der Waals surface area contributed by atoms with Crippen LogP contribution in [0.2, 0.25) is 0 Å². The molecule has 0 heterocycles. The molecule has 0 aliphatic rings. The smallest absolute Gasteiger partial charge is 0.744 e. The predicted octanol–water partition coefficient (Wildman–Crippen LogP) is -7.24. The van der Waals surface area contributed by atoms with Crippen molar-refractivity contribution in [3.05, 3.63) is 48.5 Å². The summed E-state index contributed by atoms with van der Waals surface area (Å²) in [5.74, 6) is -1.08. The van der Waals surface area contributed by atoms with E-state index in [1.165, 1.54) is 31.4 Å². The van der Waals surface area contributed by atoms with Crippen LogP contribution in [0.25, 0.3) is 0 Å². The number of nitrogens with two attached hydrogens (primary N) is 2. The van der Waals surface area contributed by atoms with E-state index in [1.807, 2.05) is 0 Å². The van der Waals surface area contributed by atoms with Crippen LogP contribution in [0, 0.1) is 0 Å². The van der Waals surface area contributed by atoms with Crippen molar-refractivity contribution in [3.8, 4) is 5.75 Å². The zero-order valence-electron chi connectivity index (χ0n) is 28.0. The van der Waals surface area contributed by atoms with E-state index in [-0.39, 0.29) is 159 Å². The summed E-state index contributed by atoms with van der Waals surface area (Å²) in [6, 6.07) is 8.64. The van der Waals surface area contributed by atoms with Gasteiger partial charge < -0.3 is 31.3 Å². The van der Waals surface area contributed by atoms with E-state index in [0.29, 0.717) is 6.07 Å². The summed E-state index contributed by atoms with van der Waals surface area (Å²) in [7, 11) is -12.1. The second-order valence-electron chi connectivity index (χ2n) is 8.98. The molecule has 0 saturated carbocycles. The molecule has 0 radical (unpaired) electrons. The monoisotopic (exact) mass is 868 g/mol. The maximum Gasteiger partial charge on any atom is 1.00 e. The molecule has 0 spiro atoms. The van der Waals surface area contributed by atoms with E-state index >= 15 is 0 Å². The molecule has 3 rings (SSSR count). The number of benzene rings is 3. The maximum atomic E-state index is 12.7. The Hall–Kier alpha value is -0.550. The minimum absolute atomic E-state index is 0. The van der Waals surface area contributed by atoms with Crippen molar-refractivity contribution in [2.24, 2.45) is 20.5 Å². The van der Waals surface area contributed by atoms with E-state index in [0.717, 1.165) is 18.2 Å². The van der Waals surface area contributed by atoms with Gasteiger partial charge in [-0.1, -0.05) is 0 Å². The van der Waals surface area contributed by atoms with Gasteiger partial charge in [0.25, 0.3) is 0 Å². The number of hydrogen-bond acceptors (Lipinski definition) is 24. The van der Waals surface area contributed by atoms with Gasteiger partial charge >= 0.3 is 88.7 Å². The second-order valence-corrected chi connectivity index (χ2v) is 15.6. The molecule has 53 heavy (non-hydrogen) atoms. The van der Waals surface area contributed by atoms with Crippen LogP contribution < -0.4 is 115 Å². The first kappa shape index (κ1) is 52.5. The average Bonchev–Trinajstić information content (AvgIpc) is 3.06. The molecule has 0 bridgehead atoms. The Morgan fingerprint density at radius 1 is 0.642 bits per heavy atom. The molecule has 3 aromatic rings. The summed E-state index contributed by atoms with van der Waals surface area (Å²) in [6.45, 7) is -0.867. The summed E-state index contributed by atoms with van der Waals surface area (Å²) >= 11 is 0.216. The molecule has 0 atom stereocenters. The first-order valence-electron chi connectivity index (χ1n) is 12.9. The maximum absolute atomic E-state index is 12.7. The molecule has 3 aromatic carbocycles. The number of nitrogens with zero attached hydrogens (tertiary/aromatic N) is 4. The number of sulfone groups is 2. The molecule has 22 nitrogen and oxygen atoms in total. The molecular weight excluding hydrogens is 846 g/mol. The molecular formula is C23H23N6Na3O16S5. The van der Waals surface area contributed by atoms with E-state index < -0.39 is 63.4 Å². The molecule has 274 valence electrons. The van der Waals surface area contributed by atoms with Crippen LogP contribution >= 0.6 is 24.6 Å². The van der Waals surface area contributed by atoms with Gasteiger partial charge in [-0.05, 0) is 48.5 Å². The molecule has 0 fully saturated rings. The van der Waals surface area contributed by atoms with Crippen molar-refractivity contribution >= 4 is 88.6 Å². The first-order valence-corrected chi connectivity index (χ1v) is 18.9. The first-order chi connectivity index (χ1) is 23.6. The average molecular weight is 869 g/mol. The third-order valence-electron chi connectivity index (χ3n) is 5.85. The third-order valence-corrected chi connectivity index (χ3v) is 10.8. The predicted molar refractivity (Wildman–Crippen MR) is 167 cm³/mol. The zero-order chi connectivity index (χ0) is 37.0. The van der Waals surface area contributed by atoms with Crippen LogP contribution in [0.5, 0.6) is 5.75 Å². The molecule has 4 N–H and O–H groups in total. The number of hydrogen-bond donors (Lipinski definition) is 2. The van der Waals surface area contributed by atoms with E-state index in [4.69, 9.17) is 20.4 Å². The number of rotatable bonds is 20. The normalized spacial score (nSPS) is 11.9. The number of methoxy groups -OCH3 is 1. The molecule has 0 amide bonds. The fourth-order valence-corrected chi connectivity index (χ4v) is 7.13. The van der Waals surface area contributed by atoms with Crippen molar-refractivity contribution in [2.75, 3.05) is 43.3 Å². The Bertz CT molecular complexity index is 2050. The Morgan fingerprint density at radius 3 is 1.57 bits per heavy atom. The Kier molecular flexibility index (Phi) is 24.7. The Labute approximate surface area is 377 Å². The van der Waals surface area contributed by atoms with E-state index in [2.05, 4.69) is 43.4 Å². The fraction of sp³-hybridized carbons (Fsp3) is 0.217. The van der Waals surface area contributed by atoms with Crippen LogP contribution in [0.3, 0.4) is 0 Å². The van der Waals surface area contributed by atoms with Crippen molar-refractivity contribution in [3.63, 3.8) is 0 Å². The van der Waals surface area contributed by atoms with Gasteiger partial charge in [0.2, 0.25) is 0 Å². The van der Waals surface area contributed by atoms with Crippen molar-refractivity contribution in [2.45, 2.75) is 14.7 Å². The van der Waals surface area contributed by atoms with E-state index in [1.54, 1.807) is 0 Å². The van der Waals surface area contributed by atoms with Gasteiger partial charge in [-0.3, -0.25) is 18.4 Å². The molecule has 30 heteroatoms. The minimum atomic E-state index is -5.29. The van der Waals surface area contributed by atoms with Crippen LogP contribution in [0.15, 0.2) is 83.7 Å². The summed E-state index contributed by atoms with van der Waals surface area (Å²) in [5, 5.41) is 41.3. The minimum Gasteiger partial charge on any atom is -0.744 e. The number of nitrogen functional groups attached to an aromatic ring is 2. The van der Waals surface area contributed by atoms with Gasteiger partial charge in [0.1, 0.15) is 38.6 Å². The standard InChI is InChI=1S/C23H26N6O16S5.3Na/c1-39-22-5-3-14(48(32,33)8-6-40-46-44-42-30)10-21(22)29-28-20-13-19(16(24)12-17(20)25)27-26-18-4-2-15(11-23(18)50(36,37)38)49(34,35)9-7-41-47-45-43-31;;;/h2-5,10-13,30-31H,6-9,24-25H2,1H3,(H,36,37,38);;;/q;3*+1/p-3. The molecule has 0 aliphatic carbocycles. The molecule has 0 unspecified atom stereocenters. The van der Waals surface area contributed by atoms with Gasteiger partial charge in [0.15, 0.2) is 44.3 Å². The summed E-state index contributed by atoms with van der Waals surface area (Å²) in [4.78, 5) is -1.76. The van der Waals surface area contributed by atoms with Crippen LogP contribution in [0.1, 0.15) is 0 Å². The second kappa shape index (κ2) is 24.9. The number of azo groups is 2. The largest absolute Gasteiger partial charge is 1.00 e. The van der Waals surface area contributed by atoms with Gasteiger partial charge in [-0.2, -0.15) is 0 Å². The van der Waals surface area contributed by atoms with E-state index in [9.17, 15) is 40.3 Å². The van der Waals surface area contributed by atoms with Crippen molar-refractivity contribution in [1.82, 2.24) is 0 Å². The topological polar surface area (TPSA) is 338 Å². The Morgan fingerprint density at radius 2 is 1.09 bits per heavy atom. The summed E-state index contributed by atoms with van der Waals surface area (Å²) in [5.41, 5.74) is 11.1. The quantitative estimate of drug-likeness (QED) is 0.0156. The number of ether oxygens (including phenoxy) is 1.